The minimum Gasteiger partial charge on any atom is -0.508 e. The normalized spacial score (nSPS) is 37.9. The molecule has 152 valence electrons. The van der Waals surface area contributed by atoms with Gasteiger partial charge in [-0.3, -0.25) is 0 Å². The Morgan fingerprint density at radius 1 is 1.21 bits per heavy atom. The Labute approximate surface area is 175 Å². The predicted molar refractivity (Wildman–Crippen MR) is 118 cm³/mol. The zero-order chi connectivity index (χ0) is 20.3. The summed E-state index contributed by atoms with van der Waals surface area (Å²) in [6, 6.07) is 5.93. The fraction of sp³-hybridized carbons (Fsp3) is 0.667. The fourth-order valence-corrected chi connectivity index (χ4v) is 7.05. The number of alkyl halides is 1. The van der Waals surface area contributed by atoms with Gasteiger partial charge in [0.05, 0.1) is 0 Å². The molecule has 2 saturated carbocycles. The van der Waals surface area contributed by atoms with Crippen LogP contribution < -0.4 is 0 Å². The van der Waals surface area contributed by atoms with E-state index < -0.39 is 13.7 Å². The van der Waals surface area contributed by atoms with Gasteiger partial charge in [0.2, 0.25) is 0 Å². The second kappa shape index (κ2) is 6.79. The van der Waals surface area contributed by atoms with Crippen molar-refractivity contribution in [3.8, 4) is 17.2 Å². The summed E-state index contributed by atoms with van der Waals surface area (Å²) in [6.45, 7) is 8.72. The number of halogens is 1. The first-order chi connectivity index (χ1) is 13.1. The molecule has 0 aromatic heterocycles. The number of hydrogen-bond acceptors (Lipinski definition) is 2. The van der Waals surface area contributed by atoms with Crippen molar-refractivity contribution in [2.75, 3.05) is 0 Å². The molecule has 0 heterocycles. The van der Waals surface area contributed by atoms with E-state index in [0.717, 1.165) is 38.5 Å². The van der Waals surface area contributed by atoms with Gasteiger partial charge < -0.3 is 10.2 Å². The van der Waals surface area contributed by atoms with Crippen molar-refractivity contribution in [2.45, 2.75) is 82.0 Å². The SMILES string of the molecule is CC(Cl)[Si](C)(C)C#C[C@]1(O)CC[C@H]2[C@@H]3CCc4cc(O)ccc4[C@H]3CC[C@@]21C. The second-order valence-electron chi connectivity index (χ2n) is 10.2. The van der Waals surface area contributed by atoms with E-state index in [1.54, 1.807) is 0 Å². The molecule has 0 spiro atoms. The van der Waals surface area contributed by atoms with Crippen LogP contribution >= 0.6 is 11.6 Å². The van der Waals surface area contributed by atoms with E-state index in [9.17, 15) is 10.2 Å². The Balaban J connectivity index is 1.64. The molecular weight excluding hydrogens is 384 g/mol. The Kier molecular flexibility index (Phi) is 4.93. The van der Waals surface area contributed by atoms with Gasteiger partial charge in [-0.25, -0.2) is 0 Å². The van der Waals surface area contributed by atoms with Crippen LogP contribution in [0.15, 0.2) is 18.2 Å². The van der Waals surface area contributed by atoms with Crippen molar-refractivity contribution in [3.63, 3.8) is 0 Å². The number of rotatable bonds is 1. The Morgan fingerprint density at radius 2 is 1.96 bits per heavy atom. The number of hydrogen-bond donors (Lipinski definition) is 2. The molecule has 3 aliphatic carbocycles. The van der Waals surface area contributed by atoms with Crippen molar-refractivity contribution in [1.82, 2.24) is 0 Å². The largest absolute Gasteiger partial charge is 0.508 e. The van der Waals surface area contributed by atoms with Gasteiger partial charge in [-0.1, -0.05) is 38.9 Å². The van der Waals surface area contributed by atoms with Gasteiger partial charge in [-0.2, -0.15) is 0 Å². The number of benzene rings is 1. The van der Waals surface area contributed by atoms with Crippen LogP contribution in [0.1, 0.15) is 63.0 Å². The Bertz CT molecular complexity index is 839. The minimum absolute atomic E-state index is 0.0793. The standard InChI is InChI=1S/C24H33ClO2Si/c1-16(25)28(3,4)14-13-24(27)12-10-22-21-7-5-17-15-18(26)6-8-19(17)20(21)9-11-23(22,24)2/h6,8,15-16,20-22,26-27H,5,7,9-12H2,1-4H3/t16?,20-,21-,22+,23+,24-/m1/s1. The highest BCUT2D eigenvalue weighted by Crippen LogP contribution is 2.64. The highest BCUT2D eigenvalue weighted by molar-refractivity contribution is 6.91. The number of aryl methyl sites for hydroxylation is 1. The molecule has 1 aromatic rings. The van der Waals surface area contributed by atoms with E-state index in [1.165, 1.54) is 11.1 Å². The van der Waals surface area contributed by atoms with Crippen LogP contribution in [0.5, 0.6) is 5.75 Å². The smallest absolute Gasteiger partial charge is 0.149 e. The number of aliphatic hydroxyl groups is 1. The van der Waals surface area contributed by atoms with Gasteiger partial charge in [-0.05, 0) is 79.5 Å². The average Bonchev–Trinajstić information content (AvgIpc) is 2.91. The molecule has 1 unspecified atom stereocenters. The number of phenols is 1. The van der Waals surface area contributed by atoms with Crippen LogP contribution in [0.3, 0.4) is 0 Å². The summed E-state index contributed by atoms with van der Waals surface area (Å²) in [5.74, 6) is 5.46. The summed E-state index contributed by atoms with van der Waals surface area (Å²) >= 11 is 6.38. The topological polar surface area (TPSA) is 40.5 Å². The zero-order valence-corrected chi connectivity index (χ0v) is 19.3. The maximum atomic E-state index is 11.7. The molecule has 0 radical (unpaired) electrons. The van der Waals surface area contributed by atoms with E-state index >= 15 is 0 Å². The van der Waals surface area contributed by atoms with Crippen molar-refractivity contribution in [1.29, 1.82) is 0 Å². The maximum Gasteiger partial charge on any atom is 0.149 e. The fourth-order valence-electron chi connectivity index (χ4n) is 6.15. The van der Waals surface area contributed by atoms with E-state index in [2.05, 4.69) is 37.5 Å². The second-order valence-corrected chi connectivity index (χ2v) is 15.8. The highest BCUT2D eigenvalue weighted by Gasteiger charge is 2.61. The quantitative estimate of drug-likeness (QED) is 0.365. The van der Waals surface area contributed by atoms with E-state index in [1.807, 2.05) is 19.1 Å². The minimum atomic E-state index is -1.85. The zero-order valence-electron chi connectivity index (χ0n) is 17.6. The molecule has 3 aliphatic rings. The van der Waals surface area contributed by atoms with Crippen molar-refractivity contribution in [3.05, 3.63) is 29.3 Å². The van der Waals surface area contributed by atoms with Crippen LogP contribution in [0.2, 0.25) is 13.1 Å². The van der Waals surface area contributed by atoms with Crippen LogP contribution in [-0.4, -0.2) is 28.9 Å². The molecule has 0 saturated heterocycles. The molecule has 1 aromatic carbocycles. The van der Waals surface area contributed by atoms with E-state index in [-0.39, 0.29) is 10.4 Å². The highest BCUT2D eigenvalue weighted by atomic mass is 35.5. The Morgan fingerprint density at radius 3 is 2.68 bits per heavy atom. The summed E-state index contributed by atoms with van der Waals surface area (Å²) in [4.78, 5) is 0. The molecule has 4 heteroatoms. The van der Waals surface area contributed by atoms with Crippen LogP contribution in [0.25, 0.3) is 0 Å². The first-order valence-electron chi connectivity index (χ1n) is 10.8. The van der Waals surface area contributed by atoms with Crippen molar-refractivity contribution < 1.29 is 10.2 Å². The third kappa shape index (κ3) is 3.04. The summed E-state index contributed by atoms with van der Waals surface area (Å²) in [5.41, 5.74) is 5.22. The molecule has 4 rings (SSSR count). The molecule has 2 nitrogen and oxygen atoms in total. The third-order valence-electron chi connectivity index (χ3n) is 8.45. The van der Waals surface area contributed by atoms with Crippen molar-refractivity contribution in [2.24, 2.45) is 17.3 Å². The summed E-state index contributed by atoms with van der Waals surface area (Å²) < 4.78 is 0. The summed E-state index contributed by atoms with van der Waals surface area (Å²) in [6.07, 6.45) is 6.16. The van der Waals surface area contributed by atoms with Gasteiger partial charge in [0.25, 0.3) is 0 Å². The molecule has 28 heavy (non-hydrogen) atoms. The number of phenolic OH excluding ortho intramolecular Hbond substituents is 1. The van der Waals surface area contributed by atoms with Gasteiger partial charge in [0.15, 0.2) is 0 Å². The predicted octanol–water partition coefficient (Wildman–Crippen LogP) is 5.40. The monoisotopic (exact) mass is 416 g/mol. The molecule has 2 N–H and O–H groups in total. The van der Waals surface area contributed by atoms with Gasteiger partial charge in [-0.15, -0.1) is 17.1 Å². The first kappa shape index (κ1) is 20.3. The van der Waals surface area contributed by atoms with Crippen LogP contribution in [0.4, 0.5) is 0 Å². The van der Waals surface area contributed by atoms with Gasteiger partial charge in [0.1, 0.15) is 19.4 Å². The van der Waals surface area contributed by atoms with Crippen molar-refractivity contribution >= 4 is 19.7 Å². The molecule has 2 fully saturated rings. The van der Waals surface area contributed by atoms with E-state index in [0.29, 0.717) is 23.5 Å². The molecule has 0 aliphatic heterocycles. The summed E-state index contributed by atoms with van der Waals surface area (Å²) in [7, 11) is -1.85. The van der Waals surface area contributed by atoms with Gasteiger partial charge in [0, 0.05) is 10.4 Å². The Hall–Kier alpha value is -0.953. The maximum absolute atomic E-state index is 11.7. The molecule has 6 atom stereocenters. The molecule has 0 amide bonds. The third-order valence-corrected chi connectivity index (χ3v) is 12.8. The van der Waals surface area contributed by atoms with Crippen LogP contribution in [0, 0.1) is 28.7 Å². The summed E-state index contributed by atoms with van der Waals surface area (Å²) in [5, 5.41) is 21.6. The lowest BCUT2D eigenvalue weighted by atomic mass is 9.53. The first-order valence-corrected chi connectivity index (χ1v) is 14.3. The lowest BCUT2D eigenvalue weighted by Crippen LogP contribution is -2.50. The number of fused-ring (bicyclic) bond motifs is 5. The average molecular weight is 417 g/mol. The lowest BCUT2D eigenvalue weighted by Gasteiger charge is -2.52. The van der Waals surface area contributed by atoms with E-state index in [4.69, 9.17) is 11.6 Å². The van der Waals surface area contributed by atoms with Crippen LogP contribution in [-0.2, 0) is 6.42 Å². The van der Waals surface area contributed by atoms with Gasteiger partial charge >= 0.3 is 0 Å². The molecular formula is C24H33ClO2Si. The lowest BCUT2D eigenvalue weighted by molar-refractivity contribution is -0.0647. The molecule has 0 bridgehead atoms. The number of aromatic hydroxyl groups is 1.